The number of halogens is 6. The second kappa shape index (κ2) is 12.1. The van der Waals surface area contributed by atoms with E-state index in [1.165, 1.54) is 12.1 Å². The van der Waals surface area contributed by atoms with Gasteiger partial charge in [-0.25, -0.2) is 62.9 Å². The fourth-order valence-electron chi connectivity index (χ4n) is 5.23. The molecule has 0 unspecified atom stereocenters. The van der Waals surface area contributed by atoms with Crippen LogP contribution in [0.5, 0.6) is 5.75 Å². The third-order valence-corrected chi connectivity index (χ3v) is 7.36. The molecule has 0 saturated carbocycles. The molecule has 4 aromatic rings. The van der Waals surface area contributed by atoms with E-state index in [1.807, 2.05) is 12.1 Å². The van der Waals surface area contributed by atoms with Gasteiger partial charge in [0.2, 0.25) is 0 Å². The molecule has 0 N–H and O–H groups in total. The van der Waals surface area contributed by atoms with Crippen LogP contribution < -0.4 is 36.9 Å². The Balaban J connectivity index is 1.51. The van der Waals surface area contributed by atoms with Gasteiger partial charge in [0.1, 0.15) is 46.1 Å². The van der Waals surface area contributed by atoms with E-state index in [0.717, 1.165) is 18.2 Å². The van der Waals surface area contributed by atoms with Crippen molar-refractivity contribution in [3.8, 4) is 17.9 Å². The van der Waals surface area contributed by atoms with Gasteiger partial charge in [0.25, 0.3) is 5.70 Å². The van der Waals surface area contributed by atoms with E-state index in [9.17, 15) is 36.9 Å². The minimum Gasteiger partial charge on any atom is -0.403 e. The number of ether oxygens (including phenoxy) is 1. The second-order valence-corrected chi connectivity index (χ2v) is 10.9. The van der Waals surface area contributed by atoms with E-state index in [1.54, 1.807) is 13.8 Å². The molecule has 0 radical (unpaired) electrons. The molecule has 1 aromatic heterocycles. The number of aryl methyl sites for hydroxylation is 2. The summed E-state index contributed by atoms with van der Waals surface area (Å²) in [6.45, 7) is 11.0. The highest BCUT2D eigenvalue weighted by Crippen LogP contribution is 2.28. The molecular formula is C33H12F6N12O. The first-order valence-electron chi connectivity index (χ1n) is 14.4. The molecule has 0 spiro atoms. The molecule has 7 rings (SSSR count). The van der Waals surface area contributed by atoms with E-state index in [-0.39, 0.29) is 33.1 Å². The fourth-order valence-corrected chi connectivity index (χ4v) is 5.23. The molecule has 3 aromatic carbocycles. The normalized spacial score (nSPS) is 16.5. The fraction of sp³-hybridized carbons (Fsp3) is 0.0909. The van der Waals surface area contributed by atoms with Gasteiger partial charge in [-0.2, -0.15) is 10.5 Å². The number of aromatic nitrogens is 3. The summed E-state index contributed by atoms with van der Waals surface area (Å²) in [5.74, 6) is -6.15. The topological polar surface area (TPSA) is 174 Å². The molecule has 0 atom stereocenters. The van der Waals surface area contributed by atoms with Gasteiger partial charge in [-0.1, -0.05) is 0 Å². The molecule has 52 heavy (non-hydrogen) atoms. The summed E-state index contributed by atoms with van der Waals surface area (Å²) in [4.78, 5) is 41.2. The van der Waals surface area contributed by atoms with Crippen molar-refractivity contribution < 1.29 is 31.1 Å². The maximum atomic E-state index is 14.3. The van der Waals surface area contributed by atoms with Gasteiger partial charge in [-0.15, -0.1) is 13.2 Å². The van der Waals surface area contributed by atoms with Crippen molar-refractivity contribution in [3.63, 3.8) is 0 Å². The van der Waals surface area contributed by atoms with Gasteiger partial charge in [0.05, 0.1) is 33.4 Å². The van der Waals surface area contributed by atoms with Crippen LogP contribution in [0.2, 0.25) is 0 Å². The molecule has 4 heterocycles. The number of rotatable bonds is 4. The summed E-state index contributed by atoms with van der Waals surface area (Å²) in [7, 11) is 0. The zero-order valence-corrected chi connectivity index (χ0v) is 26.0. The van der Waals surface area contributed by atoms with E-state index in [0.29, 0.717) is 17.2 Å². The highest BCUT2D eigenvalue weighted by atomic mass is 19.4. The first-order chi connectivity index (χ1) is 24.7. The average Bonchev–Trinajstić information content (AvgIpc) is 3.79. The van der Waals surface area contributed by atoms with Gasteiger partial charge >= 0.3 is 6.36 Å². The Morgan fingerprint density at radius 1 is 0.635 bits per heavy atom. The Labute approximate surface area is 284 Å². The monoisotopic (exact) mass is 706 g/mol. The number of alkyl halides is 3. The molecule has 19 heteroatoms. The highest BCUT2D eigenvalue weighted by molar-refractivity contribution is 5.80. The van der Waals surface area contributed by atoms with Crippen LogP contribution in [0, 0.1) is 60.5 Å². The Hall–Kier alpha value is -7.46. The molecule has 0 fully saturated rings. The summed E-state index contributed by atoms with van der Waals surface area (Å²) in [6.07, 6.45) is -5.23. The molecule has 0 saturated heterocycles. The SMILES string of the molecule is [C-]#[N+]/C(=C1\N=c2cc(F)cc(OC(F)(F)F)c2=N1)c1nc(/C(C#N)=C2/N=c3cc(F)cc(C)c3=N2)nc(/C(C#N)=C2/N=c3cc(F)cc(C)c3=N2)n1. The lowest BCUT2D eigenvalue weighted by atomic mass is 10.2. The standard InChI is InChI=1S/C33H12F6N12O/c1-12-4-14(34)6-19-23(12)46-27(43-19)17(10-40)29-49-30(18(11-41)28-44-20-7-15(35)5-13(2)24(20)47-28)51-32(50-29)26(42-3)31-45-21-8-16(36)9-22(25(21)48-31)52-33(37,38)39/h4-9H,1-2H3/b27-17-,28-18-,31-26+. The van der Waals surface area contributed by atoms with Crippen molar-refractivity contribution in [2.75, 3.05) is 0 Å². The smallest absolute Gasteiger partial charge is 0.403 e. The second-order valence-electron chi connectivity index (χ2n) is 10.9. The Bertz CT molecular complexity index is 2830. The summed E-state index contributed by atoms with van der Waals surface area (Å²) < 4.78 is 85.9. The molecule has 0 aliphatic carbocycles. The lowest BCUT2D eigenvalue weighted by Gasteiger charge is -2.08. The van der Waals surface area contributed by atoms with Crippen LogP contribution in [0.4, 0.5) is 26.3 Å². The van der Waals surface area contributed by atoms with Crippen LogP contribution in [0.25, 0.3) is 21.7 Å². The lowest BCUT2D eigenvalue weighted by Crippen LogP contribution is -2.29. The number of hydrogen-bond donors (Lipinski definition) is 0. The molecule has 0 bridgehead atoms. The zero-order chi connectivity index (χ0) is 37.1. The quantitative estimate of drug-likeness (QED) is 0.179. The van der Waals surface area contributed by atoms with E-state index < -0.39 is 80.4 Å². The summed E-state index contributed by atoms with van der Waals surface area (Å²) >= 11 is 0. The molecule has 0 amide bonds. The Morgan fingerprint density at radius 3 is 1.52 bits per heavy atom. The predicted octanol–water partition coefficient (Wildman–Crippen LogP) is 2.59. The van der Waals surface area contributed by atoms with Gasteiger partial charge in [-0.3, -0.25) is 0 Å². The van der Waals surface area contributed by atoms with Gasteiger partial charge in [0.15, 0.2) is 40.7 Å². The largest absolute Gasteiger partial charge is 0.573 e. The van der Waals surface area contributed by atoms with E-state index in [4.69, 9.17) is 6.57 Å². The van der Waals surface area contributed by atoms with Crippen LogP contribution in [0.1, 0.15) is 28.6 Å². The van der Waals surface area contributed by atoms with Crippen molar-refractivity contribution in [2.45, 2.75) is 20.2 Å². The number of allylic oxidation sites excluding steroid dienone is 2. The van der Waals surface area contributed by atoms with Crippen molar-refractivity contribution in [1.29, 1.82) is 10.5 Å². The lowest BCUT2D eigenvalue weighted by molar-refractivity contribution is -0.275. The van der Waals surface area contributed by atoms with Crippen molar-refractivity contribution >= 4 is 16.8 Å². The molecular weight excluding hydrogens is 694 g/mol. The number of nitriles is 2. The molecule has 3 aliphatic heterocycles. The minimum atomic E-state index is -5.23. The van der Waals surface area contributed by atoms with Gasteiger partial charge < -0.3 is 4.74 Å². The summed E-state index contributed by atoms with van der Waals surface area (Å²) in [5.41, 5.74) is -0.697. The Kier molecular flexibility index (Phi) is 7.72. The molecule has 3 aliphatic rings. The highest BCUT2D eigenvalue weighted by Gasteiger charge is 2.33. The van der Waals surface area contributed by atoms with Gasteiger partial charge in [0, 0.05) is 24.3 Å². The van der Waals surface area contributed by atoms with E-state index in [2.05, 4.69) is 54.5 Å². The summed E-state index contributed by atoms with van der Waals surface area (Å²) in [5, 5.41) is 20.3. The maximum Gasteiger partial charge on any atom is 0.573 e. The van der Waals surface area contributed by atoms with Crippen molar-refractivity contribution in [3.05, 3.63) is 143 Å². The Morgan fingerprint density at radius 2 is 1.06 bits per heavy atom. The zero-order valence-electron chi connectivity index (χ0n) is 26.0. The van der Waals surface area contributed by atoms with Crippen LogP contribution in [0.15, 0.2) is 83.8 Å². The number of nitrogens with zero attached hydrogens (tertiary/aromatic N) is 12. The summed E-state index contributed by atoms with van der Waals surface area (Å²) in [6, 6.07) is 9.51. The van der Waals surface area contributed by atoms with Crippen molar-refractivity contribution in [2.24, 2.45) is 30.0 Å². The number of benzene rings is 3. The van der Waals surface area contributed by atoms with Crippen LogP contribution in [0.3, 0.4) is 0 Å². The number of hydrogen-bond acceptors (Lipinski definition) is 12. The van der Waals surface area contributed by atoms with Crippen LogP contribution >= 0.6 is 0 Å². The average molecular weight is 707 g/mol. The molecule has 13 nitrogen and oxygen atoms in total. The minimum absolute atomic E-state index is 0.0907. The first-order valence-corrected chi connectivity index (χ1v) is 14.4. The van der Waals surface area contributed by atoms with Crippen LogP contribution in [-0.2, 0) is 0 Å². The first kappa shape index (κ1) is 33.1. The van der Waals surface area contributed by atoms with Gasteiger partial charge in [-0.05, 0) is 37.1 Å². The molecule has 252 valence electrons. The third kappa shape index (κ3) is 5.90. The maximum absolute atomic E-state index is 14.3. The predicted molar refractivity (Wildman–Crippen MR) is 161 cm³/mol. The number of fused-ring (bicyclic) bond motifs is 3. The van der Waals surface area contributed by atoms with Crippen molar-refractivity contribution in [1.82, 2.24) is 15.0 Å². The third-order valence-electron chi connectivity index (χ3n) is 7.36. The van der Waals surface area contributed by atoms with Crippen LogP contribution in [-0.4, -0.2) is 21.3 Å². The van der Waals surface area contributed by atoms with E-state index >= 15 is 0 Å².